The molecule has 186 valence electrons. The Hall–Kier alpha value is -0.773. The van der Waals surface area contributed by atoms with E-state index in [4.69, 9.17) is 13.9 Å². The fourth-order valence-electron chi connectivity index (χ4n) is 3.12. The number of methoxy groups -OCH3 is 2. The third kappa shape index (κ3) is 7.63. The van der Waals surface area contributed by atoms with E-state index in [-0.39, 0.29) is 27.9 Å². The van der Waals surface area contributed by atoms with Crippen molar-refractivity contribution in [2.45, 2.75) is 90.2 Å². The molecule has 32 heavy (non-hydrogen) atoms. The van der Waals surface area contributed by atoms with Crippen LogP contribution in [0.25, 0.3) is 0 Å². The highest BCUT2D eigenvalue weighted by molar-refractivity contribution is 7.89. The summed E-state index contributed by atoms with van der Waals surface area (Å²) >= 11 is 0. The summed E-state index contributed by atoms with van der Waals surface area (Å²) in [5, 5.41) is 0.0350. The van der Waals surface area contributed by atoms with Crippen LogP contribution < -0.4 is 0 Å². The van der Waals surface area contributed by atoms with Crippen LogP contribution in [0.2, 0.25) is 18.1 Å². The van der Waals surface area contributed by atoms with Gasteiger partial charge in [-0.2, -0.15) is 4.31 Å². The number of nitrogens with zero attached hydrogens (tertiary/aromatic N) is 1. The summed E-state index contributed by atoms with van der Waals surface area (Å²) in [6.45, 7) is 19.7. The molecule has 1 atom stereocenters. The average Bonchev–Trinajstić information content (AvgIpc) is 2.65. The van der Waals surface area contributed by atoms with Gasteiger partial charge in [-0.25, -0.2) is 8.42 Å². The molecule has 0 saturated carbocycles. The summed E-state index contributed by atoms with van der Waals surface area (Å²) in [5.74, 6) is 0. The van der Waals surface area contributed by atoms with Crippen molar-refractivity contribution < 1.29 is 22.3 Å². The minimum Gasteiger partial charge on any atom is -0.415 e. The van der Waals surface area contributed by atoms with E-state index in [1.54, 1.807) is 30.7 Å². The van der Waals surface area contributed by atoms with Gasteiger partial charge in [0.2, 0.25) is 10.0 Å². The fourth-order valence-corrected chi connectivity index (χ4v) is 5.94. The first kappa shape index (κ1) is 29.3. The van der Waals surface area contributed by atoms with Gasteiger partial charge in [-0.1, -0.05) is 59.2 Å². The highest BCUT2D eigenvalue weighted by Crippen LogP contribution is 2.38. The van der Waals surface area contributed by atoms with Crippen molar-refractivity contribution in [1.82, 2.24) is 4.31 Å². The van der Waals surface area contributed by atoms with Crippen LogP contribution in [0, 0.1) is 12.3 Å². The number of hydrogen-bond donors (Lipinski definition) is 0. The highest BCUT2D eigenvalue weighted by atomic mass is 32.2. The maximum absolute atomic E-state index is 13.8. The number of benzene rings is 1. The average molecular weight is 488 g/mol. The Morgan fingerprint density at radius 2 is 1.47 bits per heavy atom. The van der Waals surface area contributed by atoms with Crippen LogP contribution in [0.15, 0.2) is 29.2 Å². The van der Waals surface area contributed by atoms with Gasteiger partial charge in [0.25, 0.3) is 0 Å². The fraction of sp³-hybridized carbons (Fsp3) is 0.750. The van der Waals surface area contributed by atoms with Gasteiger partial charge < -0.3 is 13.9 Å². The second-order valence-corrected chi connectivity index (χ2v) is 17.8. The van der Waals surface area contributed by atoms with E-state index in [0.717, 1.165) is 5.56 Å². The van der Waals surface area contributed by atoms with E-state index < -0.39 is 24.6 Å². The third-order valence-corrected chi connectivity index (χ3v) is 12.9. The standard InChI is InChI=1S/C24H45NO5SSi/c1-19-12-14-20(15-13-19)31(26,27)25(17-16-22(28-8)29-9)21(23(2,3)4)18-30-32(10,11)24(5,6)7/h12-15,21-22H,16-18H2,1-11H3/t21-/m1/s1. The van der Waals surface area contributed by atoms with Crippen LogP contribution in [0.1, 0.15) is 53.5 Å². The molecular weight excluding hydrogens is 442 g/mol. The molecule has 0 unspecified atom stereocenters. The molecule has 0 N–H and O–H groups in total. The quantitative estimate of drug-likeness (QED) is 0.307. The molecule has 0 amide bonds. The zero-order valence-corrected chi connectivity index (χ0v) is 23.8. The minimum atomic E-state index is -3.76. The number of hydrogen-bond acceptors (Lipinski definition) is 5. The molecule has 0 heterocycles. The van der Waals surface area contributed by atoms with Crippen molar-refractivity contribution in [3.8, 4) is 0 Å². The van der Waals surface area contributed by atoms with Gasteiger partial charge in [-0.3, -0.25) is 0 Å². The number of ether oxygens (including phenoxy) is 2. The van der Waals surface area contributed by atoms with Crippen molar-refractivity contribution in [1.29, 1.82) is 0 Å². The Kier molecular flexibility index (Phi) is 10.2. The van der Waals surface area contributed by atoms with Crippen LogP contribution in [0.5, 0.6) is 0 Å². The van der Waals surface area contributed by atoms with Crippen molar-refractivity contribution in [3.05, 3.63) is 29.8 Å². The molecule has 1 aromatic carbocycles. The predicted octanol–water partition coefficient (Wildman–Crippen LogP) is 5.43. The molecule has 0 aromatic heterocycles. The van der Waals surface area contributed by atoms with Crippen LogP contribution in [-0.4, -0.2) is 60.7 Å². The van der Waals surface area contributed by atoms with E-state index in [9.17, 15) is 8.42 Å². The molecule has 0 spiro atoms. The van der Waals surface area contributed by atoms with E-state index >= 15 is 0 Å². The topological polar surface area (TPSA) is 65.1 Å². The lowest BCUT2D eigenvalue weighted by molar-refractivity contribution is -0.109. The molecule has 1 rings (SSSR count). The zero-order chi connectivity index (χ0) is 25.0. The van der Waals surface area contributed by atoms with Gasteiger partial charge >= 0.3 is 0 Å². The largest absolute Gasteiger partial charge is 0.415 e. The highest BCUT2D eigenvalue weighted by Gasteiger charge is 2.42. The summed E-state index contributed by atoms with van der Waals surface area (Å²) in [5.41, 5.74) is 0.679. The molecule has 1 aromatic rings. The van der Waals surface area contributed by atoms with E-state index in [2.05, 4.69) is 54.6 Å². The molecule has 8 heteroatoms. The maximum atomic E-state index is 13.8. The Balaban J connectivity index is 3.42. The van der Waals surface area contributed by atoms with Crippen molar-refractivity contribution in [3.63, 3.8) is 0 Å². The van der Waals surface area contributed by atoms with Gasteiger partial charge in [0.05, 0.1) is 17.5 Å². The lowest BCUT2D eigenvalue weighted by Crippen LogP contribution is -2.53. The molecule has 0 bridgehead atoms. The van der Waals surface area contributed by atoms with Gasteiger partial charge in [0.1, 0.15) is 0 Å². The van der Waals surface area contributed by atoms with Crippen LogP contribution in [0.4, 0.5) is 0 Å². The predicted molar refractivity (Wildman–Crippen MR) is 134 cm³/mol. The molecule has 6 nitrogen and oxygen atoms in total. The molecule has 0 aliphatic heterocycles. The number of sulfonamides is 1. The molecule has 0 aliphatic carbocycles. The second-order valence-electron chi connectivity index (χ2n) is 11.1. The summed E-state index contributed by atoms with van der Waals surface area (Å²) in [7, 11) is -2.70. The molecule has 0 fully saturated rings. The van der Waals surface area contributed by atoms with Crippen LogP contribution in [0.3, 0.4) is 0 Å². The monoisotopic (exact) mass is 487 g/mol. The maximum Gasteiger partial charge on any atom is 0.243 e. The van der Waals surface area contributed by atoms with Gasteiger partial charge in [0.15, 0.2) is 14.6 Å². The van der Waals surface area contributed by atoms with Crippen molar-refractivity contribution >= 4 is 18.3 Å². The summed E-state index contributed by atoms with van der Waals surface area (Å²) < 4.78 is 46.5. The molecule has 0 saturated heterocycles. The van der Waals surface area contributed by atoms with E-state index in [1.807, 2.05) is 19.1 Å². The molecule has 0 aliphatic rings. The normalized spacial score (nSPS) is 14.9. The Morgan fingerprint density at radius 3 is 1.88 bits per heavy atom. The smallest absolute Gasteiger partial charge is 0.243 e. The van der Waals surface area contributed by atoms with Crippen LogP contribution in [-0.2, 0) is 23.9 Å². The lowest BCUT2D eigenvalue weighted by atomic mass is 9.87. The van der Waals surface area contributed by atoms with Gasteiger partial charge in [0, 0.05) is 27.2 Å². The number of aryl methyl sites for hydroxylation is 1. The minimum absolute atomic E-state index is 0.0350. The first-order valence-electron chi connectivity index (χ1n) is 11.3. The second kappa shape index (κ2) is 11.1. The molecule has 0 radical (unpaired) electrons. The Bertz CT molecular complexity index is 806. The van der Waals surface area contributed by atoms with E-state index in [0.29, 0.717) is 13.0 Å². The third-order valence-electron chi connectivity index (χ3n) is 6.49. The summed E-state index contributed by atoms with van der Waals surface area (Å²) in [6, 6.07) is 6.66. The Labute approximate surface area is 197 Å². The summed E-state index contributed by atoms with van der Waals surface area (Å²) in [4.78, 5) is 0.288. The Morgan fingerprint density at radius 1 is 0.969 bits per heavy atom. The summed E-state index contributed by atoms with van der Waals surface area (Å²) in [6.07, 6.45) is -0.0576. The lowest BCUT2D eigenvalue weighted by Gasteiger charge is -2.43. The van der Waals surface area contributed by atoms with Gasteiger partial charge in [-0.05, 0) is 42.6 Å². The van der Waals surface area contributed by atoms with Crippen molar-refractivity contribution in [2.75, 3.05) is 27.4 Å². The van der Waals surface area contributed by atoms with Gasteiger partial charge in [-0.15, -0.1) is 0 Å². The first-order chi connectivity index (χ1) is 14.5. The zero-order valence-electron chi connectivity index (χ0n) is 22.0. The first-order valence-corrected chi connectivity index (χ1v) is 15.6. The van der Waals surface area contributed by atoms with Crippen molar-refractivity contribution in [2.24, 2.45) is 5.41 Å². The van der Waals surface area contributed by atoms with Crippen LogP contribution >= 0.6 is 0 Å². The SMILES string of the molecule is COC(CCN([C@H](CO[Si](C)(C)C(C)(C)C)C(C)(C)C)S(=O)(=O)c1ccc(C)cc1)OC. The van der Waals surface area contributed by atoms with E-state index in [1.165, 1.54) is 0 Å². The number of rotatable bonds is 11. The molecular formula is C24H45NO5SSi.